The van der Waals surface area contributed by atoms with Crippen molar-refractivity contribution in [3.63, 3.8) is 0 Å². The Labute approximate surface area is 387 Å². The third-order valence-electron chi connectivity index (χ3n) is 10.5. The molecule has 0 heterocycles. The highest BCUT2D eigenvalue weighted by molar-refractivity contribution is 5.71. The van der Waals surface area contributed by atoms with Crippen molar-refractivity contribution in [1.82, 2.24) is 0 Å². The van der Waals surface area contributed by atoms with Gasteiger partial charge in [0.05, 0.1) is 0 Å². The summed E-state index contributed by atoms with van der Waals surface area (Å²) in [5.41, 5.74) is 0. The van der Waals surface area contributed by atoms with Crippen molar-refractivity contribution in [3.8, 4) is 0 Å². The van der Waals surface area contributed by atoms with Crippen LogP contribution in [0.1, 0.15) is 213 Å². The summed E-state index contributed by atoms with van der Waals surface area (Å²) in [5.74, 6) is -0.973. The molecular formula is C57H92O6. The van der Waals surface area contributed by atoms with E-state index in [2.05, 4.69) is 57.2 Å². The molecule has 0 aromatic carbocycles. The first-order chi connectivity index (χ1) is 31.0. The maximum atomic E-state index is 12.8. The molecule has 0 radical (unpaired) electrons. The summed E-state index contributed by atoms with van der Waals surface area (Å²) in [7, 11) is 0. The molecule has 356 valence electrons. The molecular weight excluding hydrogens is 781 g/mol. The fourth-order valence-corrected chi connectivity index (χ4v) is 6.71. The lowest BCUT2D eigenvalue weighted by Gasteiger charge is -2.18. The number of hydrogen-bond donors (Lipinski definition) is 0. The van der Waals surface area contributed by atoms with Crippen molar-refractivity contribution in [3.05, 3.63) is 109 Å². The molecule has 0 aliphatic rings. The lowest BCUT2D eigenvalue weighted by molar-refractivity contribution is -0.167. The van der Waals surface area contributed by atoms with Crippen LogP contribution in [0, 0.1) is 0 Å². The second-order valence-electron chi connectivity index (χ2n) is 16.5. The van der Waals surface area contributed by atoms with Gasteiger partial charge in [-0.1, -0.05) is 246 Å². The molecule has 0 fully saturated rings. The first kappa shape index (κ1) is 59.1. The topological polar surface area (TPSA) is 78.9 Å². The highest BCUT2D eigenvalue weighted by atomic mass is 16.6. The molecule has 0 aliphatic heterocycles. The maximum Gasteiger partial charge on any atom is 0.306 e. The smallest absolute Gasteiger partial charge is 0.306 e. The minimum atomic E-state index is -0.808. The van der Waals surface area contributed by atoms with Crippen molar-refractivity contribution in [1.29, 1.82) is 0 Å². The molecule has 0 N–H and O–H groups in total. The molecule has 0 saturated carbocycles. The standard InChI is InChI=1S/C57H92O6/c1-4-7-10-13-16-19-22-25-28-31-34-37-40-43-46-49-55(58)61-52-54(63-57(60)51-48-45-42-39-36-33-30-27-24-21-18-15-12-9-6-3)53-62-56(59)50-47-44-41-38-35-32-29-26-23-20-17-14-11-8-5-2/h7,9-10,12-13,15-16,18-19,21-22,24-25,27-28,30-31,34,54H,4-6,8,11,14,17,20,23,26,29,32-33,35-53H2,1-3H3/b10-7-,12-9-,16-13-,18-15-,22-19-,24-21-,28-25-,30-27-,34-31-. The Hall–Kier alpha value is -3.93. The molecule has 6 heteroatoms. The van der Waals surface area contributed by atoms with Gasteiger partial charge in [-0.3, -0.25) is 14.4 Å². The number of hydrogen-bond acceptors (Lipinski definition) is 6. The fraction of sp³-hybridized carbons (Fsp3) is 0.632. The van der Waals surface area contributed by atoms with Gasteiger partial charge in [0.2, 0.25) is 0 Å². The Bertz CT molecular complexity index is 1330. The average Bonchev–Trinajstić information content (AvgIpc) is 3.28. The average molecular weight is 873 g/mol. The molecule has 0 rings (SSSR count). The second-order valence-corrected chi connectivity index (χ2v) is 16.5. The summed E-state index contributed by atoms with van der Waals surface area (Å²) in [5, 5.41) is 0. The molecule has 1 unspecified atom stereocenters. The normalized spacial score (nSPS) is 13.0. The van der Waals surface area contributed by atoms with E-state index in [1.54, 1.807) is 0 Å². The number of carbonyl (C=O) groups is 3. The summed E-state index contributed by atoms with van der Waals surface area (Å²) in [6.45, 7) is 6.29. The second kappa shape index (κ2) is 50.7. The lowest BCUT2D eigenvalue weighted by atomic mass is 10.0. The van der Waals surface area contributed by atoms with E-state index in [9.17, 15) is 14.4 Å². The number of unbranched alkanes of at least 4 members (excludes halogenated alkanes) is 22. The zero-order valence-electron chi connectivity index (χ0n) is 40.5. The molecule has 0 saturated heterocycles. The van der Waals surface area contributed by atoms with Crippen molar-refractivity contribution in [2.75, 3.05) is 13.2 Å². The number of carbonyl (C=O) groups excluding carboxylic acids is 3. The SMILES string of the molecule is CC\C=C/C=C\C=C/C=C\C=C/CCCCCC(=O)OCC(COC(=O)CCCCCCCCCCCCCCCCC)OC(=O)CCCCCCC\C=C/C=C\C=C/C=C\CC. The van der Waals surface area contributed by atoms with E-state index in [1.807, 2.05) is 72.9 Å². The molecule has 0 spiro atoms. The third kappa shape index (κ3) is 49.0. The van der Waals surface area contributed by atoms with E-state index in [4.69, 9.17) is 14.2 Å². The zero-order chi connectivity index (χ0) is 45.8. The van der Waals surface area contributed by atoms with Crippen molar-refractivity contribution >= 4 is 17.9 Å². The van der Waals surface area contributed by atoms with E-state index >= 15 is 0 Å². The van der Waals surface area contributed by atoms with Crippen LogP contribution in [0.4, 0.5) is 0 Å². The van der Waals surface area contributed by atoms with E-state index in [0.717, 1.165) is 96.3 Å². The van der Waals surface area contributed by atoms with E-state index in [1.165, 1.54) is 77.0 Å². The molecule has 63 heavy (non-hydrogen) atoms. The quantitative estimate of drug-likeness (QED) is 0.0263. The molecule has 0 aliphatic carbocycles. The van der Waals surface area contributed by atoms with Gasteiger partial charge in [0.25, 0.3) is 0 Å². The molecule has 1 atom stereocenters. The largest absolute Gasteiger partial charge is 0.462 e. The minimum absolute atomic E-state index is 0.102. The van der Waals surface area contributed by atoms with E-state index < -0.39 is 6.10 Å². The van der Waals surface area contributed by atoms with Gasteiger partial charge in [0.15, 0.2) is 6.10 Å². The van der Waals surface area contributed by atoms with Crippen LogP contribution in [0.25, 0.3) is 0 Å². The van der Waals surface area contributed by atoms with Gasteiger partial charge < -0.3 is 14.2 Å². The summed E-state index contributed by atoms with van der Waals surface area (Å²) in [6, 6.07) is 0. The number of esters is 3. The molecule has 0 bridgehead atoms. The van der Waals surface area contributed by atoms with Crippen molar-refractivity contribution in [2.24, 2.45) is 0 Å². The van der Waals surface area contributed by atoms with Crippen molar-refractivity contribution in [2.45, 2.75) is 219 Å². The minimum Gasteiger partial charge on any atom is -0.462 e. The van der Waals surface area contributed by atoms with Crippen LogP contribution < -0.4 is 0 Å². The van der Waals surface area contributed by atoms with Crippen LogP contribution in [-0.2, 0) is 28.6 Å². The van der Waals surface area contributed by atoms with Gasteiger partial charge in [-0.05, 0) is 57.8 Å². The first-order valence-electron chi connectivity index (χ1n) is 25.5. The van der Waals surface area contributed by atoms with E-state index in [0.29, 0.717) is 19.3 Å². The summed E-state index contributed by atoms with van der Waals surface area (Å²) < 4.78 is 16.7. The zero-order valence-corrected chi connectivity index (χ0v) is 40.5. The first-order valence-corrected chi connectivity index (χ1v) is 25.5. The monoisotopic (exact) mass is 873 g/mol. The fourth-order valence-electron chi connectivity index (χ4n) is 6.71. The molecule has 0 aromatic heterocycles. The number of rotatable bonds is 44. The molecule has 6 nitrogen and oxygen atoms in total. The maximum absolute atomic E-state index is 12.8. The van der Waals surface area contributed by atoms with Gasteiger partial charge in [0, 0.05) is 19.3 Å². The van der Waals surface area contributed by atoms with Crippen LogP contribution in [0.15, 0.2) is 109 Å². The van der Waals surface area contributed by atoms with Crippen LogP contribution in [0.5, 0.6) is 0 Å². The van der Waals surface area contributed by atoms with Crippen LogP contribution in [0.3, 0.4) is 0 Å². The van der Waals surface area contributed by atoms with Crippen LogP contribution in [-0.4, -0.2) is 37.2 Å². The summed E-state index contributed by atoms with van der Waals surface area (Å²) >= 11 is 0. The van der Waals surface area contributed by atoms with Gasteiger partial charge in [-0.2, -0.15) is 0 Å². The Kier molecular flexibility index (Phi) is 47.5. The lowest BCUT2D eigenvalue weighted by Crippen LogP contribution is -2.30. The van der Waals surface area contributed by atoms with Gasteiger partial charge in [0.1, 0.15) is 13.2 Å². The highest BCUT2D eigenvalue weighted by Crippen LogP contribution is 2.15. The van der Waals surface area contributed by atoms with Crippen LogP contribution in [0.2, 0.25) is 0 Å². The van der Waals surface area contributed by atoms with Crippen LogP contribution >= 0.6 is 0 Å². The molecule has 0 amide bonds. The van der Waals surface area contributed by atoms with Gasteiger partial charge in [-0.25, -0.2) is 0 Å². The summed E-state index contributed by atoms with van der Waals surface area (Å²) in [4.78, 5) is 38.0. The Balaban J connectivity index is 4.51. The number of allylic oxidation sites excluding steroid dienone is 18. The Morgan fingerprint density at radius 2 is 0.619 bits per heavy atom. The predicted octanol–water partition coefficient (Wildman–Crippen LogP) is 16.8. The number of ether oxygens (including phenoxy) is 3. The van der Waals surface area contributed by atoms with Gasteiger partial charge in [-0.15, -0.1) is 0 Å². The Morgan fingerprint density at radius 1 is 0.333 bits per heavy atom. The third-order valence-corrected chi connectivity index (χ3v) is 10.5. The Morgan fingerprint density at radius 3 is 0.984 bits per heavy atom. The predicted molar refractivity (Wildman–Crippen MR) is 270 cm³/mol. The molecule has 0 aromatic rings. The summed E-state index contributed by atoms with van der Waals surface area (Å²) in [6.07, 6.45) is 67.8. The van der Waals surface area contributed by atoms with Crippen molar-refractivity contribution < 1.29 is 28.6 Å². The van der Waals surface area contributed by atoms with Gasteiger partial charge >= 0.3 is 17.9 Å². The van der Waals surface area contributed by atoms with E-state index in [-0.39, 0.29) is 31.1 Å². The highest BCUT2D eigenvalue weighted by Gasteiger charge is 2.19.